The van der Waals surface area contributed by atoms with Crippen LogP contribution in [-0.2, 0) is 10.2 Å². The number of rotatable bonds is 17. The first-order valence-electron chi connectivity index (χ1n) is 14.5. The first-order valence-corrected chi connectivity index (χ1v) is 16.6. The smallest absolute Gasteiger partial charge is 0.303 e. The monoisotopic (exact) mass is 540 g/mol. The Morgan fingerprint density at radius 3 is 2.14 bits per heavy atom. The van der Waals surface area contributed by atoms with Gasteiger partial charge in [0.25, 0.3) is 0 Å². The lowest BCUT2D eigenvalue weighted by molar-refractivity contribution is -0.137. The number of carboxylic acids is 1. The highest BCUT2D eigenvalue weighted by Crippen LogP contribution is 2.52. The van der Waals surface area contributed by atoms with Crippen LogP contribution in [0, 0.1) is 13.8 Å². The van der Waals surface area contributed by atoms with Crippen LogP contribution in [0.4, 0.5) is 0 Å². The number of benzene rings is 2. The van der Waals surface area contributed by atoms with Crippen LogP contribution in [0.15, 0.2) is 47.4 Å². The minimum absolute atomic E-state index is 0.189. The maximum absolute atomic E-state index is 10.5. The number of carboxylic acid groups (broad SMARTS) is 1. The lowest BCUT2D eigenvalue weighted by Gasteiger charge is -2.43. The standard InChI is InChI=1S/C33H48O2S2/c1-26-16-19-28(20-17-26)33(3)25-37-31-24-27(2)18-21-29(31)30(33)14-10-7-5-4-6-8-12-22-36-23-13-9-11-15-32(34)35/h16-21,24,30H,4-15,22-23,25H2,1-3H3,(H,34,35). The second kappa shape index (κ2) is 15.9. The molecule has 0 bridgehead atoms. The molecule has 0 fully saturated rings. The topological polar surface area (TPSA) is 37.3 Å². The van der Waals surface area contributed by atoms with E-state index in [1.165, 1.54) is 84.5 Å². The normalized spacial score (nSPS) is 19.1. The van der Waals surface area contributed by atoms with Gasteiger partial charge in [-0.3, -0.25) is 4.79 Å². The molecule has 2 atom stereocenters. The third-order valence-corrected chi connectivity index (χ3v) is 10.6. The minimum Gasteiger partial charge on any atom is -0.481 e. The van der Waals surface area contributed by atoms with Gasteiger partial charge in [-0.05, 0) is 74.1 Å². The van der Waals surface area contributed by atoms with Crippen molar-refractivity contribution in [2.24, 2.45) is 0 Å². The van der Waals surface area contributed by atoms with Gasteiger partial charge in [-0.25, -0.2) is 0 Å². The summed E-state index contributed by atoms with van der Waals surface area (Å²) in [6.45, 7) is 6.91. The number of carbonyl (C=O) groups is 1. The number of hydrogen-bond acceptors (Lipinski definition) is 3. The predicted molar refractivity (Wildman–Crippen MR) is 164 cm³/mol. The van der Waals surface area contributed by atoms with E-state index in [0.29, 0.717) is 12.3 Å². The van der Waals surface area contributed by atoms with E-state index >= 15 is 0 Å². The van der Waals surface area contributed by atoms with Crippen LogP contribution in [-0.4, -0.2) is 28.3 Å². The fourth-order valence-corrected chi connectivity index (χ4v) is 8.10. The molecule has 0 aromatic heterocycles. The van der Waals surface area contributed by atoms with Gasteiger partial charge < -0.3 is 5.11 Å². The molecule has 4 heteroatoms. The Morgan fingerprint density at radius 1 is 0.865 bits per heavy atom. The highest BCUT2D eigenvalue weighted by atomic mass is 32.2. The van der Waals surface area contributed by atoms with E-state index in [-0.39, 0.29) is 5.41 Å². The molecule has 204 valence electrons. The van der Waals surface area contributed by atoms with Crippen molar-refractivity contribution in [3.8, 4) is 0 Å². The molecule has 0 saturated heterocycles. The Labute approximate surface area is 234 Å². The predicted octanol–water partition coefficient (Wildman–Crippen LogP) is 9.95. The quantitative estimate of drug-likeness (QED) is 0.203. The van der Waals surface area contributed by atoms with Gasteiger partial charge in [-0.1, -0.05) is 99.4 Å². The summed E-state index contributed by atoms with van der Waals surface area (Å²) < 4.78 is 0. The molecular formula is C33H48O2S2. The van der Waals surface area contributed by atoms with Gasteiger partial charge in [0.15, 0.2) is 0 Å². The Hall–Kier alpha value is -1.39. The summed E-state index contributed by atoms with van der Waals surface area (Å²) in [4.78, 5) is 12.0. The summed E-state index contributed by atoms with van der Waals surface area (Å²) in [5.74, 6) is 3.53. The molecule has 37 heavy (non-hydrogen) atoms. The average molecular weight is 541 g/mol. The van der Waals surface area contributed by atoms with Crippen molar-refractivity contribution in [1.29, 1.82) is 0 Å². The first-order chi connectivity index (χ1) is 17.9. The van der Waals surface area contributed by atoms with E-state index in [2.05, 4.69) is 75.0 Å². The van der Waals surface area contributed by atoms with Gasteiger partial charge in [-0.2, -0.15) is 11.8 Å². The van der Waals surface area contributed by atoms with E-state index < -0.39 is 5.97 Å². The molecule has 2 aromatic rings. The van der Waals surface area contributed by atoms with Crippen LogP contribution in [0.2, 0.25) is 0 Å². The lowest BCUT2D eigenvalue weighted by Crippen LogP contribution is -2.36. The molecule has 0 spiro atoms. The second-order valence-corrected chi connectivity index (χ2v) is 13.5. The number of thioether (sulfide) groups is 2. The summed E-state index contributed by atoms with van der Waals surface area (Å²) in [5.41, 5.74) is 5.98. The first kappa shape index (κ1) is 30.2. The number of aliphatic carboxylic acids is 1. The van der Waals surface area contributed by atoms with E-state index in [1.807, 2.05) is 11.8 Å². The maximum atomic E-state index is 10.5. The molecule has 1 heterocycles. The number of hydrogen-bond donors (Lipinski definition) is 1. The second-order valence-electron chi connectivity index (χ2n) is 11.2. The summed E-state index contributed by atoms with van der Waals surface area (Å²) >= 11 is 4.10. The molecule has 3 rings (SSSR count). The van der Waals surface area contributed by atoms with Crippen LogP contribution in [0.25, 0.3) is 0 Å². The number of fused-ring (bicyclic) bond motifs is 1. The van der Waals surface area contributed by atoms with Crippen molar-refractivity contribution in [1.82, 2.24) is 0 Å². The van der Waals surface area contributed by atoms with Gasteiger partial charge in [0.05, 0.1) is 0 Å². The molecule has 2 nitrogen and oxygen atoms in total. The number of aryl methyl sites for hydroxylation is 2. The van der Waals surface area contributed by atoms with Crippen molar-refractivity contribution in [3.63, 3.8) is 0 Å². The van der Waals surface area contributed by atoms with E-state index in [4.69, 9.17) is 5.11 Å². The molecule has 1 aliphatic heterocycles. The molecule has 1 N–H and O–H groups in total. The fourth-order valence-electron chi connectivity index (χ4n) is 5.61. The third-order valence-electron chi connectivity index (χ3n) is 8.01. The molecule has 0 amide bonds. The highest BCUT2D eigenvalue weighted by molar-refractivity contribution is 7.99. The molecule has 1 aliphatic rings. The fraction of sp³-hybridized carbons (Fsp3) is 0.606. The average Bonchev–Trinajstić information content (AvgIpc) is 2.87. The molecule has 0 radical (unpaired) electrons. The Morgan fingerprint density at radius 2 is 1.46 bits per heavy atom. The molecule has 2 aromatic carbocycles. The van der Waals surface area contributed by atoms with Crippen molar-refractivity contribution < 1.29 is 9.90 Å². The van der Waals surface area contributed by atoms with Crippen LogP contribution < -0.4 is 0 Å². The molecular weight excluding hydrogens is 492 g/mol. The van der Waals surface area contributed by atoms with Gasteiger partial charge in [0, 0.05) is 22.5 Å². The van der Waals surface area contributed by atoms with E-state index in [9.17, 15) is 4.79 Å². The lowest BCUT2D eigenvalue weighted by atomic mass is 9.67. The van der Waals surface area contributed by atoms with Gasteiger partial charge in [-0.15, -0.1) is 11.8 Å². The number of unbranched alkanes of at least 4 members (excludes halogenated alkanes) is 8. The molecule has 0 aliphatic carbocycles. The van der Waals surface area contributed by atoms with E-state index in [0.717, 1.165) is 25.0 Å². The molecule has 0 saturated carbocycles. The summed E-state index contributed by atoms with van der Waals surface area (Å²) in [5, 5.41) is 8.67. The van der Waals surface area contributed by atoms with Gasteiger partial charge >= 0.3 is 5.97 Å². The Bertz CT molecular complexity index is 955. The zero-order chi connectivity index (χ0) is 26.5. The van der Waals surface area contributed by atoms with Gasteiger partial charge in [0.1, 0.15) is 0 Å². The summed E-state index contributed by atoms with van der Waals surface area (Å²) in [7, 11) is 0. The Balaban J connectivity index is 1.36. The third kappa shape index (κ3) is 9.70. The summed E-state index contributed by atoms with van der Waals surface area (Å²) in [6, 6.07) is 16.5. The van der Waals surface area contributed by atoms with Crippen molar-refractivity contribution >= 4 is 29.5 Å². The van der Waals surface area contributed by atoms with Gasteiger partial charge in [0.2, 0.25) is 0 Å². The largest absolute Gasteiger partial charge is 0.481 e. The van der Waals surface area contributed by atoms with Crippen molar-refractivity contribution in [2.75, 3.05) is 17.3 Å². The highest BCUT2D eigenvalue weighted by Gasteiger charge is 2.40. The van der Waals surface area contributed by atoms with Crippen molar-refractivity contribution in [3.05, 3.63) is 64.7 Å². The van der Waals surface area contributed by atoms with Crippen LogP contribution in [0.5, 0.6) is 0 Å². The minimum atomic E-state index is -0.665. The summed E-state index contributed by atoms with van der Waals surface area (Å²) in [6.07, 6.45) is 14.1. The molecule has 2 unspecified atom stereocenters. The van der Waals surface area contributed by atoms with Crippen LogP contribution in [0.1, 0.15) is 112 Å². The van der Waals surface area contributed by atoms with Crippen LogP contribution >= 0.6 is 23.5 Å². The Kier molecular flexibility index (Phi) is 12.9. The van der Waals surface area contributed by atoms with E-state index in [1.54, 1.807) is 5.56 Å². The maximum Gasteiger partial charge on any atom is 0.303 e. The van der Waals surface area contributed by atoms with Crippen LogP contribution in [0.3, 0.4) is 0 Å². The SMILES string of the molecule is Cc1ccc(C2(C)CSc3cc(C)ccc3C2CCCCCCCCCSCCCCCC(=O)O)cc1. The zero-order valence-corrected chi connectivity index (χ0v) is 25.0. The zero-order valence-electron chi connectivity index (χ0n) is 23.4. The van der Waals surface area contributed by atoms with Crippen molar-refractivity contribution in [2.45, 2.75) is 114 Å².